The van der Waals surface area contributed by atoms with E-state index in [1.165, 1.54) is 0 Å². The topological polar surface area (TPSA) is 68.5 Å². The molecule has 0 saturated carbocycles. The molecule has 2 heterocycles. The molecule has 1 atom stereocenters. The summed E-state index contributed by atoms with van der Waals surface area (Å²) in [6.45, 7) is 11.1. The summed E-state index contributed by atoms with van der Waals surface area (Å²) in [5.41, 5.74) is 7.94. The molecule has 0 bridgehead atoms. The molecule has 5 heteroatoms. The lowest BCUT2D eigenvalue weighted by Crippen LogP contribution is -2.53. The lowest BCUT2D eigenvalue weighted by Gasteiger charge is -2.44. The number of piperidine rings is 1. The van der Waals surface area contributed by atoms with Crippen LogP contribution in [0.3, 0.4) is 0 Å². The molecule has 1 saturated heterocycles. The summed E-state index contributed by atoms with van der Waals surface area (Å²) in [6, 6.07) is 4.01. The average molecular weight is 319 g/mol. The molecule has 1 aliphatic rings. The van der Waals surface area contributed by atoms with Crippen LogP contribution in [0.25, 0.3) is 0 Å². The molecule has 1 fully saturated rings. The fourth-order valence-electron chi connectivity index (χ4n) is 3.33. The van der Waals surface area contributed by atoms with E-state index in [2.05, 4.69) is 18.0 Å². The molecular formula is C18H29N3O2. The van der Waals surface area contributed by atoms with Gasteiger partial charge in [-0.25, -0.2) is 4.79 Å². The number of rotatable bonds is 2. The largest absolute Gasteiger partial charge is 0.444 e. The number of amides is 1. The van der Waals surface area contributed by atoms with Crippen molar-refractivity contribution in [3.63, 3.8) is 0 Å². The molecule has 0 aromatic carbocycles. The van der Waals surface area contributed by atoms with Crippen molar-refractivity contribution in [2.24, 2.45) is 5.73 Å². The molecule has 2 rings (SSSR count). The minimum atomic E-state index is -0.468. The average Bonchev–Trinajstić information content (AvgIpc) is 2.46. The number of likely N-dealkylation sites (tertiary alicyclic amines) is 1. The summed E-state index contributed by atoms with van der Waals surface area (Å²) in [7, 11) is 0. The van der Waals surface area contributed by atoms with E-state index in [-0.39, 0.29) is 17.6 Å². The highest BCUT2D eigenvalue weighted by molar-refractivity contribution is 5.68. The van der Waals surface area contributed by atoms with Gasteiger partial charge in [0.05, 0.1) is 5.69 Å². The van der Waals surface area contributed by atoms with Gasteiger partial charge in [0, 0.05) is 30.7 Å². The summed E-state index contributed by atoms with van der Waals surface area (Å²) < 4.78 is 5.48. The van der Waals surface area contributed by atoms with Crippen LogP contribution in [0, 0.1) is 6.92 Å². The molecule has 128 valence electrons. The van der Waals surface area contributed by atoms with E-state index in [0.717, 1.165) is 24.1 Å². The number of pyridine rings is 1. The Bertz CT molecular complexity index is 556. The first-order valence-electron chi connectivity index (χ1n) is 8.31. The maximum atomic E-state index is 12.3. The predicted octanol–water partition coefficient (Wildman–Crippen LogP) is 3.01. The van der Waals surface area contributed by atoms with Crippen molar-refractivity contribution in [2.45, 2.75) is 64.5 Å². The second-order valence-corrected chi connectivity index (χ2v) is 7.58. The second kappa shape index (κ2) is 6.48. The van der Waals surface area contributed by atoms with Crippen molar-refractivity contribution in [2.75, 3.05) is 13.1 Å². The minimum absolute atomic E-state index is 0.0168. The van der Waals surface area contributed by atoms with Gasteiger partial charge in [0.2, 0.25) is 0 Å². The fraction of sp³-hybridized carbons (Fsp3) is 0.667. The maximum Gasteiger partial charge on any atom is 0.410 e. The summed E-state index contributed by atoms with van der Waals surface area (Å²) in [4.78, 5) is 18.6. The Balaban J connectivity index is 2.16. The van der Waals surface area contributed by atoms with Crippen LogP contribution in [0.1, 0.15) is 51.8 Å². The van der Waals surface area contributed by atoms with Crippen LogP contribution in [0.15, 0.2) is 18.3 Å². The third-order valence-corrected chi connectivity index (χ3v) is 4.66. The Morgan fingerprint density at radius 2 is 2.00 bits per heavy atom. The molecular weight excluding hydrogens is 290 g/mol. The zero-order valence-corrected chi connectivity index (χ0v) is 14.9. The van der Waals surface area contributed by atoms with Gasteiger partial charge in [-0.1, -0.05) is 6.07 Å². The fourth-order valence-corrected chi connectivity index (χ4v) is 3.33. The van der Waals surface area contributed by atoms with Gasteiger partial charge in [-0.2, -0.15) is 0 Å². The third kappa shape index (κ3) is 3.83. The molecule has 5 nitrogen and oxygen atoms in total. The zero-order chi connectivity index (χ0) is 17.3. The van der Waals surface area contributed by atoms with Crippen LogP contribution < -0.4 is 5.73 Å². The van der Waals surface area contributed by atoms with Gasteiger partial charge in [-0.05, 0) is 59.1 Å². The molecule has 0 radical (unpaired) electrons. The van der Waals surface area contributed by atoms with Crippen molar-refractivity contribution < 1.29 is 9.53 Å². The highest BCUT2D eigenvalue weighted by atomic mass is 16.6. The number of aryl methyl sites for hydroxylation is 1. The Morgan fingerprint density at radius 1 is 1.39 bits per heavy atom. The van der Waals surface area contributed by atoms with Crippen LogP contribution in [0.2, 0.25) is 0 Å². The van der Waals surface area contributed by atoms with E-state index in [4.69, 9.17) is 10.5 Å². The number of hydrogen-bond acceptors (Lipinski definition) is 4. The van der Waals surface area contributed by atoms with Crippen LogP contribution in [-0.2, 0) is 10.2 Å². The Morgan fingerprint density at radius 3 is 2.48 bits per heavy atom. The standard InChI is InChI=1S/C18H29N3O2/c1-13-7-6-10-20-15(13)18(14(2)19)8-11-21(12-9-18)16(22)23-17(3,4)5/h6-7,10,14H,8-9,11-12,19H2,1-5H3. The third-order valence-electron chi connectivity index (χ3n) is 4.66. The molecule has 2 N–H and O–H groups in total. The smallest absolute Gasteiger partial charge is 0.410 e. The lowest BCUT2D eigenvalue weighted by molar-refractivity contribution is 0.0148. The highest BCUT2D eigenvalue weighted by Gasteiger charge is 2.42. The van der Waals surface area contributed by atoms with Crippen LogP contribution in [-0.4, -0.2) is 40.7 Å². The molecule has 0 spiro atoms. The van der Waals surface area contributed by atoms with Crippen molar-refractivity contribution in [3.8, 4) is 0 Å². The molecule has 23 heavy (non-hydrogen) atoms. The number of carbonyl (C=O) groups is 1. The van der Waals surface area contributed by atoms with Gasteiger partial charge in [0.25, 0.3) is 0 Å². The molecule has 0 aliphatic carbocycles. The Labute approximate surface area is 139 Å². The van der Waals surface area contributed by atoms with Gasteiger partial charge in [0.1, 0.15) is 5.60 Å². The van der Waals surface area contributed by atoms with E-state index in [9.17, 15) is 4.79 Å². The number of carbonyl (C=O) groups excluding carboxylic acids is 1. The quantitative estimate of drug-likeness (QED) is 0.910. The molecule has 1 amide bonds. The first-order chi connectivity index (χ1) is 10.7. The molecule has 1 aromatic rings. The lowest BCUT2D eigenvalue weighted by atomic mass is 9.69. The monoisotopic (exact) mass is 319 g/mol. The SMILES string of the molecule is Cc1cccnc1C1(C(C)N)CCN(C(=O)OC(C)(C)C)CC1. The van der Waals surface area contributed by atoms with Crippen LogP contribution >= 0.6 is 0 Å². The van der Waals surface area contributed by atoms with E-state index in [1.807, 2.05) is 40.0 Å². The van der Waals surface area contributed by atoms with Gasteiger partial charge in [0.15, 0.2) is 0 Å². The van der Waals surface area contributed by atoms with Crippen molar-refractivity contribution in [1.82, 2.24) is 9.88 Å². The number of nitrogens with two attached hydrogens (primary N) is 1. The van der Waals surface area contributed by atoms with Gasteiger partial charge in [-0.15, -0.1) is 0 Å². The zero-order valence-electron chi connectivity index (χ0n) is 14.9. The molecule has 1 aliphatic heterocycles. The van der Waals surface area contributed by atoms with Gasteiger partial charge < -0.3 is 15.4 Å². The van der Waals surface area contributed by atoms with E-state index in [0.29, 0.717) is 13.1 Å². The summed E-state index contributed by atoms with van der Waals surface area (Å²) in [5, 5.41) is 0. The normalized spacial score (nSPS) is 19.3. The van der Waals surface area contributed by atoms with Crippen LogP contribution in [0.5, 0.6) is 0 Å². The number of aromatic nitrogens is 1. The Kier molecular flexibility index (Phi) is 4.99. The van der Waals surface area contributed by atoms with Crippen molar-refractivity contribution in [1.29, 1.82) is 0 Å². The minimum Gasteiger partial charge on any atom is -0.444 e. The van der Waals surface area contributed by atoms with Crippen molar-refractivity contribution in [3.05, 3.63) is 29.6 Å². The van der Waals surface area contributed by atoms with E-state index < -0.39 is 5.60 Å². The first kappa shape index (κ1) is 17.7. The molecule has 1 unspecified atom stereocenters. The maximum absolute atomic E-state index is 12.3. The predicted molar refractivity (Wildman–Crippen MR) is 91.3 cm³/mol. The van der Waals surface area contributed by atoms with Gasteiger partial charge >= 0.3 is 6.09 Å². The summed E-state index contributed by atoms with van der Waals surface area (Å²) in [6.07, 6.45) is 3.20. The Hall–Kier alpha value is -1.62. The summed E-state index contributed by atoms with van der Waals surface area (Å²) in [5.74, 6) is 0. The van der Waals surface area contributed by atoms with E-state index in [1.54, 1.807) is 4.90 Å². The number of nitrogens with zero attached hydrogens (tertiary/aromatic N) is 2. The highest BCUT2D eigenvalue weighted by Crippen LogP contribution is 2.38. The summed E-state index contributed by atoms with van der Waals surface area (Å²) >= 11 is 0. The van der Waals surface area contributed by atoms with Crippen LogP contribution in [0.4, 0.5) is 4.79 Å². The number of ether oxygens (including phenoxy) is 1. The van der Waals surface area contributed by atoms with Gasteiger partial charge in [-0.3, -0.25) is 4.98 Å². The second-order valence-electron chi connectivity index (χ2n) is 7.58. The molecule has 1 aromatic heterocycles. The first-order valence-corrected chi connectivity index (χ1v) is 8.31. The number of hydrogen-bond donors (Lipinski definition) is 1. The van der Waals surface area contributed by atoms with Crippen molar-refractivity contribution >= 4 is 6.09 Å². The van der Waals surface area contributed by atoms with E-state index >= 15 is 0 Å².